The van der Waals surface area contributed by atoms with Gasteiger partial charge < -0.3 is 72.5 Å². The average molecular weight is 707 g/mol. The summed E-state index contributed by atoms with van der Waals surface area (Å²) in [5.74, 6) is -1.76. The largest absolute Gasteiger partial charge is 0.514 e. The number of rotatable bonds is 9. The molecule has 0 aromatic heterocycles. The summed E-state index contributed by atoms with van der Waals surface area (Å²) in [6.45, 7) is 0.611. The van der Waals surface area contributed by atoms with E-state index in [4.69, 9.17) is 57.2 Å². The highest BCUT2D eigenvalue weighted by Crippen LogP contribution is 2.57. The second-order valence-electron chi connectivity index (χ2n) is 12.5. The third-order valence-electron chi connectivity index (χ3n) is 9.52. The fourth-order valence-electron chi connectivity index (χ4n) is 7.15. The van der Waals surface area contributed by atoms with E-state index in [2.05, 4.69) is 0 Å². The highest BCUT2D eigenvalue weighted by Gasteiger charge is 2.56. The van der Waals surface area contributed by atoms with E-state index in [-0.39, 0.29) is 37.3 Å². The fraction of sp³-hybridized carbons (Fsp3) is 0.576. The first-order valence-electron chi connectivity index (χ1n) is 16.0. The van der Waals surface area contributed by atoms with Crippen LogP contribution in [0.5, 0.6) is 28.7 Å². The Morgan fingerprint density at radius 2 is 1.66 bits per heavy atom. The van der Waals surface area contributed by atoms with Gasteiger partial charge in [0.05, 0.1) is 46.1 Å². The molecule has 3 fully saturated rings. The lowest BCUT2D eigenvalue weighted by atomic mass is 9.66. The molecule has 4 aliphatic heterocycles. The third-order valence-corrected chi connectivity index (χ3v) is 9.52. The molecule has 0 bridgehead atoms. The van der Waals surface area contributed by atoms with E-state index in [1.54, 1.807) is 31.2 Å². The van der Waals surface area contributed by atoms with Crippen LogP contribution in [-0.4, -0.2) is 123 Å². The molecular formula is C33H38O17. The summed E-state index contributed by atoms with van der Waals surface area (Å²) in [5.41, 5.74) is 1.73. The Hall–Kier alpha value is -3.94. The number of ether oxygens (including phenoxy) is 11. The van der Waals surface area contributed by atoms with Crippen molar-refractivity contribution in [1.29, 1.82) is 0 Å². The summed E-state index contributed by atoms with van der Waals surface area (Å²) in [5, 5.41) is 40.7. The van der Waals surface area contributed by atoms with Gasteiger partial charge >= 0.3 is 12.1 Å². The molecule has 11 atom stereocenters. The molecule has 0 saturated carbocycles. The van der Waals surface area contributed by atoms with Gasteiger partial charge in [-0.1, -0.05) is 0 Å². The molecule has 0 spiro atoms. The number of aliphatic hydroxyl groups excluding tert-OH is 4. The molecule has 2 aromatic rings. The van der Waals surface area contributed by atoms with Crippen molar-refractivity contribution >= 4 is 12.1 Å². The van der Waals surface area contributed by atoms with Gasteiger partial charge in [-0.3, -0.25) is 4.79 Å². The van der Waals surface area contributed by atoms with E-state index < -0.39 is 92.3 Å². The Bertz CT molecular complexity index is 1570. The third kappa shape index (κ3) is 6.17. The van der Waals surface area contributed by atoms with Crippen molar-refractivity contribution in [2.45, 2.75) is 62.0 Å². The van der Waals surface area contributed by atoms with Crippen LogP contribution in [0.25, 0.3) is 0 Å². The molecule has 5 aliphatic rings. The van der Waals surface area contributed by atoms with Crippen LogP contribution in [0.2, 0.25) is 0 Å². The molecule has 4 N–H and O–H groups in total. The number of hydrogen-bond acceptors (Lipinski definition) is 17. The quantitative estimate of drug-likeness (QED) is 0.206. The predicted molar refractivity (Wildman–Crippen MR) is 162 cm³/mol. The van der Waals surface area contributed by atoms with E-state index in [9.17, 15) is 24.9 Å². The minimum absolute atomic E-state index is 0.0271. The second kappa shape index (κ2) is 14.0. The molecule has 4 heterocycles. The minimum atomic E-state index is -1.49. The maximum absolute atomic E-state index is 13.6. The summed E-state index contributed by atoms with van der Waals surface area (Å²) >= 11 is 0. The lowest BCUT2D eigenvalue weighted by Crippen LogP contribution is -2.63. The SMILES string of the molecule is COc1cc([C@@H]2c3cc4c(cc3C(O[C@@H]3O[C@H]5CO[C@@H](C)O[C@H]5[C@H](O)[C@@H]3O)C3COC(=O)[C@@H]32)OCO4)cc(OC)c1OC(=O)OCC(O)CO. The second-order valence-corrected chi connectivity index (χ2v) is 12.5. The number of carbonyl (C=O) groups excluding carboxylic acids is 2. The van der Waals surface area contributed by atoms with E-state index in [0.717, 1.165) is 0 Å². The molecule has 0 amide bonds. The summed E-state index contributed by atoms with van der Waals surface area (Å²) in [4.78, 5) is 26.1. The van der Waals surface area contributed by atoms with Gasteiger partial charge in [-0.15, -0.1) is 0 Å². The van der Waals surface area contributed by atoms with Crippen molar-refractivity contribution < 1.29 is 82.1 Å². The molecule has 50 heavy (non-hydrogen) atoms. The maximum Gasteiger partial charge on any atom is 0.514 e. The summed E-state index contributed by atoms with van der Waals surface area (Å²) in [6, 6.07) is 6.68. The van der Waals surface area contributed by atoms with Crippen LogP contribution in [0.1, 0.15) is 35.6 Å². The Morgan fingerprint density at radius 3 is 2.34 bits per heavy atom. The Labute approximate surface area is 285 Å². The zero-order valence-corrected chi connectivity index (χ0v) is 27.3. The van der Waals surface area contributed by atoms with Crippen molar-refractivity contribution in [2.24, 2.45) is 11.8 Å². The molecule has 17 nitrogen and oxygen atoms in total. The van der Waals surface area contributed by atoms with E-state index in [0.29, 0.717) is 28.2 Å². The fourth-order valence-corrected chi connectivity index (χ4v) is 7.15. The number of esters is 1. The van der Waals surface area contributed by atoms with Crippen LogP contribution in [-0.2, 0) is 33.2 Å². The van der Waals surface area contributed by atoms with Crippen LogP contribution in [0.15, 0.2) is 24.3 Å². The summed E-state index contributed by atoms with van der Waals surface area (Å²) in [6.07, 6.45) is -9.66. The van der Waals surface area contributed by atoms with Crippen molar-refractivity contribution in [3.63, 3.8) is 0 Å². The zero-order valence-electron chi connectivity index (χ0n) is 27.3. The summed E-state index contributed by atoms with van der Waals surface area (Å²) in [7, 11) is 2.71. The lowest BCUT2D eigenvalue weighted by Gasteiger charge is -2.47. The predicted octanol–water partition coefficient (Wildman–Crippen LogP) is 0.502. The molecule has 1 aliphatic carbocycles. The van der Waals surface area contributed by atoms with Gasteiger partial charge in [0.2, 0.25) is 12.5 Å². The molecule has 7 rings (SSSR count). The molecule has 3 unspecified atom stereocenters. The van der Waals surface area contributed by atoms with E-state index in [1.165, 1.54) is 14.2 Å². The van der Waals surface area contributed by atoms with Gasteiger partial charge in [-0.05, 0) is 47.9 Å². The van der Waals surface area contributed by atoms with Crippen molar-refractivity contribution in [3.05, 3.63) is 41.0 Å². The minimum Gasteiger partial charge on any atom is -0.493 e. The van der Waals surface area contributed by atoms with Crippen LogP contribution in [0.4, 0.5) is 4.79 Å². The van der Waals surface area contributed by atoms with Crippen molar-refractivity contribution in [1.82, 2.24) is 0 Å². The highest BCUT2D eigenvalue weighted by atomic mass is 16.8. The van der Waals surface area contributed by atoms with E-state index in [1.807, 2.05) is 0 Å². The summed E-state index contributed by atoms with van der Waals surface area (Å²) < 4.78 is 62.3. The monoisotopic (exact) mass is 706 g/mol. The van der Waals surface area contributed by atoms with Gasteiger partial charge in [0, 0.05) is 11.8 Å². The first-order valence-corrected chi connectivity index (χ1v) is 16.0. The molecular weight excluding hydrogens is 668 g/mol. The first kappa shape index (κ1) is 34.5. The Morgan fingerprint density at radius 1 is 0.960 bits per heavy atom. The van der Waals surface area contributed by atoms with Gasteiger partial charge in [0.1, 0.15) is 37.1 Å². The number of methoxy groups -OCH3 is 2. The van der Waals surface area contributed by atoms with Crippen LogP contribution >= 0.6 is 0 Å². The Balaban J connectivity index is 1.26. The zero-order chi connectivity index (χ0) is 35.3. The van der Waals surface area contributed by atoms with Gasteiger partial charge in [0.25, 0.3) is 0 Å². The standard InChI is InChI=1S/C33H38O17/c1-13-42-11-23-30(47-13)26(36)27(37)32(48-23)49-28-17-7-20-19(45-12-46-20)6-16(17)24(25-18(28)10-43-31(25)38)14-4-21(40-2)29(22(5-14)41-3)50-33(39)44-9-15(35)8-34/h4-7,13,15,18,23-28,30,32,34-37H,8-12H2,1-3H3/t13-,15?,18?,23+,24-,25+,26-,27+,28?,30-,32+/m1/s1. The Kier molecular flexibility index (Phi) is 9.66. The van der Waals surface area contributed by atoms with Crippen LogP contribution < -0.4 is 23.7 Å². The molecule has 17 heteroatoms. The van der Waals surface area contributed by atoms with Crippen molar-refractivity contribution in [2.75, 3.05) is 47.4 Å². The molecule has 0 radical (unpaired) electrons. The lowest BCUT2D eigenvalue weighted by molar-refractivity contribution is -0.364. The van der Waals surface area contributed by atoms with Gasteiger partial charge in [-0.25, -0.2) is 4.79 Å². The van der Waals surface area contributed by atoms with Crippen molar-refractivity contribution in [3.8, 4) is 28.7 Å². The molecule has 3 saturated heterocycles. The normalized spacial score (nSPS) is 33.0. The maximum atomic E-state index is 13.6. The molecule has 2 aromatic carbocycles. The number of cyclic esters (lactones) is 1. The van der Waals surface area contributed by atoms with Gasteiger partial charge in [-0.2, -0.15) is 0 Å². The number of carbonyl (C=O) groups is 2. The van der Waals surface area contributed by atoms with Crippen LogP contribution in [0, 0.1) is 11.8 Å². The van der Waals surface area contributed by atoms with Crippen LogP contribution in [0.3, 0.4) is 0 Å². The molecule has 272 valence electrons. The van der Waals surface area contributed by atoms with E-state index >= 15 is 0 Å². The number of aliphatic hydroxyl groups is 4. The van der Waals surface area contributed by atoms with Gasteiger partial charge in [0.15, 0.2) is 35.6 Å². The number of benzene rings is 2. The average Bonchev–Trinajstić information content (AvgIpc) is 3.74. The smallest absolute Gasteiger partial charge is 0.493 e. The topological polar surface area (TPSA) is 217 Å². The number of fused-ring (bicyclic) bond motifs is 4. The number of hydrogen-bond donors (Lipinski definition) is 4. The highest BCUT2D eigenvalue weighted by molar-refractivity contribution is 5.79. The first-order chi connectivity index (χ1) is 24.1.